The molecule has 0 saturated carbocycles. The molecule has 2 N–H and O–H groups in total. The maximum absolute atomic E-state index is 11.5. The SMILES string of the molecule is COc1ccc(OCc2c(Cl)cccc2Cl)c(C(N)=O)c1. The van der Waals surface area contributed by atoms with Gasteiger partial charge in [-0.25, -0.2) is 0 Å². The second kappa shape index (κ2) is 6.70. The highest BCUT2D eigenvalue weighted by Gasteiger charge is 2.13. The molecule has 0 unspecified atom stereocenters. The molecule has 2 rings (SSSR count). The number of carbonyl (C=O) groups is 1. The van der Waals surface area contributed by atoms with Crippen LogP contribution < -0.4 is 15.2 Å². The number of amides is 1. The Morgan fingerprint density at radius 3 is 2.43 bits per heavy atom. The van der Waals surface area contributed by atoms with Gasteiger partial charge in [-0.3, -0.25) is 4.79 Å². The highest BCUT2D eigenvalue weighted by atomic mass is 35.5. The molecule has 0 aliphatic carbocycles. The summed E-state index contributed by atoms with van der Waals surface area (Å²) in [5.41, 5.74) is 6.22. The summed E-state index contributed by atoms with van der Waals surface area (Å²) in [6.07, 6.45) is 0. The van der Waals surface area contributed by atoms with Crippen molar-refractivity contribution in [2.75, 3.05) is 7.11 Å². The topological polar surface area (TPSA) is 61.6 Å². The lowest BCUT2D eigenvalue weighted by atomic mass is 10.1. The molecule has 6 heteroatoms. The van der Waals surface area contributed by atoms with Gasteiger partial charge in [-0.2, -0.15) is 0 Å². The van der Waals surface area contributed by atoms with E-state index in [1.807, 2.05) is 0 Å². The summed E-state index contributed by atoms with van der Waals surface area (Å²) < 4.78 is 10.7. The zero-order chi connectivity index (χ0) is 15.4. The quantitative estimate of drug-likeness (QED) is 0.912. The number of hydrogen-bond donors (Lipinski definition) is 1. The predicted octanol–water partition coefficient (Wildman–Crippen LogP) is 3.68. The third kappa shape index (κ3) is 3.60. The zero-order valence-corrected chi connectivity index (χ0v) is 12.7. The smallest absolute Gasteiger partial charge is 0.252 e. The molecule has 2 aromatic rings. The summed E-state index contributed by atoms with van der Waals surface area (Å²) in [6, 6.07) is 9.99. The second-order valence-corrected chi connectivity index (χ2v) is 5.03. The number of rotatable bonds is 5. The maximum Gasteiger partial charge on any atom is 0.252 e. The number of hydrogen-bond acceptors (Lipinski definition) is 3. The van der Waals surface area contributed by atoms with Gasteiger partial charge in [0.25, 0.3) is 5.91 Å². The molecule has 0 bridgehead atoms. The van der Waals surface area contributed by atoms with Gasteiger partial charge in [0, 0.05) is 15.6 Å². The molecule has 0 aliphatic rings. The number of ether oxygens (including phenoxy) is 2. The Balaban J connectivity index is 2.26. The maximum atomic E-state index is 11.5. The van der Waals surface area contributed by atoms with Crippen LogP contribution in [0.3, 0.4) is 0 Å². The minimum atomic E-state index is -0.603. The van der Waals surface area contributed by atoms with Crippen molar-refractivity contribution < 1.29 is 14.3 Å². The van der Waals surface area contributed by atoms with Gasteiger partial charge in [0.1, 0.15) is 18.1 Å². The summed E-state index contributed by atoms with van der Waals surface area (Å²) in [5.74, 6) is 0.264. The van der Waals surface area contributed by atoms with Crippen LogP contribution >= 0.6 is 23.2 Å². The Morgan fingerprint density at radius 1 is 1.19 bits per heavy atom. The van der Waals surface area contributed by atoms with Gasteiger partial charge in [-0.15, -0.1) is 0 Å². The van der Waals surface area contributed by atoms with E-state index < -0.39 is 5.91 Å². The molecule has 2 aromatic carbocycles. The average molecular weight is 326 g/mol. The average Bonchev–Trinajstić information content (AvgIpc) is 2.46. The molecule has 0 aromatic heterocycles. The van der Waals surface area contributed by atoms with Crippen molar-refractivity contribution >= 4 is 29.1 Å². The van der Waals surface area contributed by atoms with Crippen molar-refractivity contribution in [3.63, 3.8) is 0 Å². The number of methoxy groups -OCH3 is 1. The molecule has 0 heterocycles. The van der Waals surface area contributed by atoms with Crippen LogP contribution in [0.15, 0.2) is 36.4 Å². The Bertz CT molecular complexity index is 654. The van der Waals surface area contributed by atoms with E-state index in [1.165, 1.54) is 13.2 Å². The largest absolute Gasteiger partial charge is 0.497 e. The summed E-state index contributed by atoms with van der Waals surface area (Å²) >= 11 is 12.1. The Labute approximate surface area is 132 Å². The molecule has 21 heavy (non-hydrogen) atoms. The third-order valence-corrected chi connectivity index (χ3v) is 3.59. The van der Waals surface area contributed by atoms with E-state index >= 15 is 0 Å². The van der Waals surface area contributed by atoms with Gasteiger partial charge in [-0.1, -0.05) is 29.3 Å². The summed E-state index contributed by atoms with van der Waals surface area (Å²) in [5, 5.41) is 0.994. The zero-order valence-electron chi connectivity index (χ0n) is 11.2. The summed E-state index contributed by atoms with van der Waals surface area (Å²) in [6.45, 7) is 0.130. The normalized spacial score (nSPS) is 10.2. The van der Waals surface area contributed by atoms with Crippen LogP contribution in [0.5, 0.6) is 11.5 Å². The molecule has 0 fully saturated rings. The van der Waals surface area contributed by atoms with E-state index in [2.05, 4.69) is 0 Å². The van der Waals surface area contributed by atoms with E-state index in [0.29, 0.717) is 27.1 Å². The van der Waals surface area contributed by atoms with Crippen LogP contribution in [0, 0.1) is 0 Å². The lowest BCUT2D eigenvalue weighted by Crippen LogP contribution is -2.13. The van der Waals surface area contributed by atoms with E-state index in [-0.39, 0.29) is 12.2 Å². The van der Waals surface area contributed by atoms with Crippen LogP contribution in [-0.2, 0) is 6.61 Å². The molecule has 0 saturated heterocycles. The molecule has 0 radical (unpaired) electrons. The van der Waals surface area contributed by atoms with Crippen LogP contribution in [0.4, 0.5) is 0 Å². The minimum Gasteiger partial charge on any atom is -0.497 e. The first-order chi connectivity index (χ1) is 10.0. The number of carbonyl (C=O) groups excluding carboxylic acids is 1. The van der Waals surface area contributed by atoms with Crippen molar-refractivity contribution in [1.29, 1.82) is 0 Å². The molecular formula is C15H13Cl2NO3. The van der Waals surface area contributed by atoms with Crippen molar-refractivity contribution in [1.82, 2.24) is 0 Å². The van der Waals surface area contributed by atoms with Crippen molar-refractivity contribution in [2.24, 2.45) is 5.73 Å². The predicted molar refractivity (Wildman–Crippen MR) is 82.3 cm³/mol. The summed E-state index contributed by atoms with van der Waals surface area (Å²) in [7, 11) is 1.50. The minimum absolute atomic E-state index is 0.130. The first-order valence-electron chi connectivity index (χ1n) is 6.06. The van der Waals surface area contributed by atoms with Gasteiger partial charge in [-0.05, 0) is 30.3 Å². The highest BCUT2D eigenvalue weighted by molar-refractivity contribution is 6.35. The van der Waals surface area contributed by atoms with Gasteiger partial charge < -0.3 is 15.2 Å². The van der Waals surface area contributed by atoms with Crippen molar-refractivity contribution in [3.8, 4) is 11.5 Å². The lowest BCUT2D eigenvalue weighted by Gasteiger charge is -2.12. The Hall–Kier alpha value is -1.91. The Kier molecular flexibility index (Phi) is 4.94. The Morgan fingerprint density at radius 2 is 1.86 bits per heavy atom. The fourth-order valence-corrected chi connectivity index (χ4v) is 2.28. The van der Waals surface area contributed by atoms with Crippen LogP contribution in [-0.4, -0.2) is 13.0 Å². The van der Waals surface area contributed by atoms with Crippen molar-refractivity contribution in [3.05, 3.63) is 57.6 Å². The van der Waals surface area contributed by atoms with Gasteiger partial charge in [0.05, 0.1) is 12.7 Å². The lowest BCUT2D eigenvalue weighted by molar-refractivity contribution is 0.0995. The van der Waals surface area contributed by atoms with E-state index in [4.69, 9.17) is 38.4 Å². The number of benzene rings is 2. The highest BCUT2D eigenvalue weighted by Crippen LogP contribution is 2.28. The number of nitrogens with two attached hydrogens (primary N) is 1. The first-order valence-corrected chi connectivity index (χ1v) is 6.82. The molecule has 0 aliphatic heterocycles. The van der Waals surface area contributed by atoms with Gasteiger partial charge in [0.2, 0.25) is 0 Å². The molecule has 110 valence electrons. The molecule has 0 atom stereocenters. The van der Waals surface area contributed by atoms with Gasteiger partial charge in [0.15, 0.2) is 0 Å². The first kappa shape index (κ1) is 15.5. The van der Waals surface area contributed by atoms with E-state index in [1.54, 1.807) is 30.3 Å². The van der Waals surface area contributed by atoms with Crippen LogP contribution in [0.25, 0.3) is 0 Å². The molecule has 4 nitrogen and oxygen atoms in total. The van der Waals surface area contributed by atoms with E-state index in [9.17, 15) is 4.79 Å². The number of halogens is 2. The van der Waals surface area contributed by atoms with Crippen molar-refractivity contribution in [2.45, 2.75) is 6.61 Å². The summed E-state index contributed by atoms with van der Waals surface area (Å²) in [4.78, 5) is 11.5. The standard InChI is InChI=1S/C15H13Cl2NO3/c1-20-9-5-6-14(10(7-9)15(18)19)21-8-11-12(16)3-2-4-13(11)17/h2-7H,8H2,1H3,(H2,18,19). The fraction of sp³-hybridized carbons (Fsp3) is 0.133. The second-order valence-electron chi connectivity index (χ2n) is 4.22. The van der Waals surface area contributed by atoms with E-state index in [0.717, 1.165) is 0 Å². The molecule has 1 amide bonds. The monoisotopic (exact) mass is 325 g/mol. The van der Waals surface area contributed by atoms with Crippen LogP contribution in [0.2, 0.25) is 10.0 Å². The molecular weight excluding hydrogens is 313 g/mol. The number of primary amides is 1. The molecule has 0 spiro atoms. The fourth-order valence-electron chi connectivity index (χ4n) is 1.77. The van der Waals surface area contributed by atoms with Gasteiger partial charge >= 0.3 is 0 Å². The van der Waals surface area contributed by atoms with Crippen LogP contribution in [0.1, 0.15) is 15.9 Å². The third-order valence-electron chi connectivity index (χ3n) is 2.89.